The van der Waals surface area contributed by atoms with E-state index in [-0.39, 0.29) is 23.3 Å². The Morgan fingerprint density at radius 1 is 1.28 bits per heavy atom. The summed E-state index contributed by atoms with van der Waals surface area (Å²) in [5, 5.41) is 0. The highest BCUT2D eigenvalue weighted by atomic mass is 19.1. The predicted molar refractivity (Wildman–Crippen MR) is 90.7 cm³/mol. The first-order chi connectivity index (χ1) is 12.1. The van der Waals surface area contributed by atoms with Crippen molar-refractivity contribution in [3.63, 3.8) is 0 Å². The Balaban J connectivity index is 1.56. The van der Waals surface area contributed by atoms with Crippen LogP contribution in [0, 0.1) is 5.82 Å². The van der Waals surface area contributed by atoms with Gasteiger partial charge in [-0.3, -0.25) is 4.79 Å². The van der Waals surface area contributed by atoms with E-state index in [2.05, 4.69) is 9.97 Å². The van der Waals surface area contributed by atoms with Crippen LogP contribution in [0.2, 0.25) is 0 Å². The number of rotatable bonds is 3. The number of hydrogen-bond donors (Lipinski definition) is 1. The predicted octanol–water partition coefficient (Wildman–Crippen LogP) is 2.35. The van der Waals surface area contributed by atoms with Crippen molar-refractivity contribution in [1.82, 2.24) is 14.9 Å². The number of benzene rings is 1. The van der Waals surface area contributed by atoms with Gasteiger partial charge in [-0.1, -0.05) is 18.2 Å². The molecule has 0 bridgehead atoms. The molecule has 1 amide bonds. The van der Waals surface area contributed by atoms with Gasteiger partial charge in [-0.2, -0.15) is 0 Å². The van der Waals surface area contributed by atoms with Gasteiger partial charge in [0.15, 0.2) is 0 Å². The van der Waals surface area contributed by atoms with Crippen LogP contribution in [-0.2, 0) is 10.2 Å². The highest BCUT2D eigenvalue weighted by molar-refractivity contribution is 5.91. The van der Waals surface area contributed by atoms with Crippen molar-refractivity contribution >= 4 is 5.91 Å². The van der Waals surface area contributed by atoms with Crippen LogP contribution in [0.5, 0.6) is 0 Å². The first-order valence-electron chi connectivity index (χ1n) is 8.70. The SMILES string of the molecule is O=C(N1CCCC(c2ccnc(=O)[nH]2)C1)C1(c2ccccc2F)CC1. The van der Waals surface area contributed by atoms with E-state index in [4.69, 9.17) is 0 Å². The van der Waals surface area contributed by atoms with E-state index in [1.165, 1.54) is 12.3 Å². The molecule has 2 heterocycles. The highest BCUT2D eigenvalue weighted by Crippen LogP contribution is 2.51. The maximum atomic E-state index is 14.2. The van der Waals surface area contributed by atoms with Crippen LogP contribution in [0.3, 0.4) is 0 Å². The second-order valence-electron chi connectivity index (χ2n) is 6.98. The Morgan fingerprint density at radius 2 is 2.08 bits per heavy atom. The molecular formula is C19H20FN3O2. The molecule has 0 radical (unpaired) electrons. The Labute approximate surface area is 144 Å². The zero-order valence-electron chi connectivity index (χ0n) is 13.9. The summed E-state index contributed by atoms with van der Waals surface area (Å²) >= 11 is 0. The van der Waals surface area contributed by atoms with Gasteiger partial charge in [-0.05, 0) is 37.8 Å². The Kier molecular flexibility index (Phi) is 3.90. The van der Waals surface area contributed by atoms with Crippen LogP contribution in [0.1, 0.15) is 42.9 Å². The van der Waals surface area contributed by atoms with Crippen LogP contribution in [0.4, 0.5) is 4.39 Å². The monoisotopic (exact) mass is 341 g/mol. The van der Waals surface area contributed by atoms with Crippen molar-refractivity contribution in [2.75, 3.05) is 13.1 Å². The molecule has 2 aromatic rings. The maximum Gasteiger partial charge on any atom is 0.345 e. The molecule has 130 valence electrons. The van der Waals surface area contributed by atoms with Crippen molar-refractivity contribution in [2.24, 2.45) is 0 Å². The second-order valence-corrected chi connectivity index (χ2v) is 6.98. The molecule has 1 aromatic heterocycles. The van der Waals surface area contributed by atoms with E-state index < -0.39 is 5.41 Å². The summed E-state index contributed by atoms with van der Waals surface area (Å²) in [5.41, 5.74) is 0.262. The smallest absolute Gasteiger partial charge is 0.341 e. The highest BCUT2D eigenvalue weighted by Gasteiger charge is 2.54. The third kappa shape index (κ3) is 2.86. The summed E-state index contributed by atoms with van der Waals surface area (Å²) in [7, 11) is 0. The lowest BCUT2D eigenvalue weighted by molar-refractivity contribution is -0.135. The molecule has 5 nitrogen and oxygen atoms in total. The topological polar surface area (TPSA) is 66.1 Å². The zero-order valence-corrected chi connectivity index (χ0v) is 13.9. The first-order valence-corrected chi connectivity index (χ1v) is 8.70. The van der Waals surface area contributed by atoms with Crippen LogP contribution in [0.25, 0.3) is 0 Å². The standard InChI is InChI=1S/C19H20FN3O2/c20-15-6-2-1-5-14(15)19(8-9-19)17(24)23-11-3-4-13(12-23)16-7-10-21-18(25)22-16/h1-2,5-7,10,13H,3-4,8-9,11-12H2,(H,21,22,25). The number of nitrogens with one attached hydrogen (secondary N) is 1. The van der Waals surface area contributed by atoms with Gasteiger partial charge < -0.3 is 9.88 Å². The fourth-order valence-corrected chi connectivity index (χ4v) is 3.91. The van der Waals surface area contributed by atoms with Crippen molar-refractivity contribution in [3.8, 4) is 0 Å². The minimum atomic E-state index is -0.696. The lowest BCUT2D eigenvalue weighted by atomic mass is 9.90. The summed E-state index contributed by atoms with van der Waals surface area (Å²) in [6.07, 6.45) is 4.67. The number of likely N-dealkylation sites (tertiary alicyclic amines) is 1. The van der Waals surface area contributed by atoms with E-state index >= 15 is 0 Å². The van der Waals surface area contributed by atoms with E-state index in [1.54, 1.807) is 24.3 Å². The van der Waals surface area contributed by atoms with Gasteiger partial charge in [-0.15, -0.1) is 0 Å². The molecule has 1 aliphatic heterocycles. The van der Waals surface area contributed by atoms with E-state index in [1.807, 2.05) is 4.90 Å². The largest absolute Gasteiger partial charge is 0.345 e. The lowest BCUT2D eigenvalue weighted by Gasteiger charge is -2.35. The van der Waals surface area contributed by atoms with Crippen molar-refractivity contribution in [1.29, 1.82) is 0 Å². The summed E-state index contributed by atoms with van der Waals surface area (Å²) in [4.78, 5) is 32.9. The van der Waals surface area contributed by atoms with Gasteiger partial charge in [0.2, 0.25) is 5.91 Å². The van der Waals surface area contributed by atoms with E-state index in [0.29, 0.717) is 31.5 Å². The summed E-state index contributed by atoms with van der Waals surface area (Å²) in [6, 6.07) is 8.37. The normalized spacial score (nSPS) is 21.8. The minimum absolute atomic E-state index is 0.0127. The van der Waals surface area contributed by atoms with Gasteiger partial charge in [0.1, 0.15) is 5.82 Å². The summed E-state index contributed by atoms with van der Waals surface area (Å²) in [5.74, 6) is -0.205. The molecule has 1 aromatic carbocycles. The van der Waals surface area contributed by atoms with Crippen LogP contribution in [0.15, 0.2) is 41.3 Å². The van der Waals surface area contributed by atoms with Crippen molar-refractivity contribution in [2.45, 2.75) is 37.0 Å². The molecule has 1 saturated carbocycles. The van der Waals surface area contributed by atoms with E-state index in [9.17, 15) is 14.0 Å². The van der Waals surface area contributed by atoms with Crippen LogP contribution < -0.4 is 5.69 Å². The number of carbonyl (C=O) groups is 1. The van der Waals surface area contributed by atoms with Crippen molar-refractivity contribution < 1.29 is 9.18 Å². The molecule has 1 N–H and O–H groups in total. The van der Waals surface area contributed by atoms with Crippen LogP contribution in [-0.4, -0.2) is 33.9 Å². The fraction of sp³-hybridized carbons (Fsp3) is 0.421. The van der Waals surface area contributed by atoms with Gasteiger partial charge in [0.05, 0.1) is 5.41 Å². The molecule has 0 spiro atoms. The van der Waals surface area contributed by atoms with E-state index in [0.717, 1.165) is 18.5 Å². The second kappa shape index (κ2) is 6.10. The molecule has 1 unspecified atom stereocenters. The van der Waals surface area contributed by atoms with Gasteiger partial charge >= 0.3 is 5.69 Å². The zero-order chi connectivity index (χ0) is 17.4. The quantitative estimate of drug-likeness (QED) is 0.932. The average molecular weight is 341 g/mol. The number of aromatic amines is 1. The first kappa shape index (κ1) is 16.0. The number of aromatic nitrogens is 2. The third-order valence-electron chi connectivity index (χ3n) is 5.39. The Bertz CT molecular complexity index is 859. The van der Waals surface area contributed by atoms with Gasteiger partial charge in [0.25, 0.3) is 0 Å². The number of H-pyrrole nitrogens is 1. The fourth-order valence-electron chi connectivity index (χ4n) is 3.91. The molecule has 1 aliphatic carbocycles. The number of amides is 1. The number of halogens is 1. The van der Waals surface area contributed by atoms with Gasteiger partial charge in [-0.25, -0.2) is 14.2 Å². The number of nitrogens with zero attached hydrogens (tertiary/aromatic N) is 2. The molecule has 2 aliphatic rings. The van der Waals surface area contributed by atoms with Crippen LogP contribution >= 0.6 is 0 Å². The molecule has 1 atom stereocenters. The van der Waals surface area contributed by atoms with Crippen molar-refractivity contribution in [3.05, 3.63) is 64.1 Å². The molecule has 2 fully saturated rings. The molecule has 6 heteroatoms. The molecule has 1 saturated heterocycles. The summed E-state index contributed by atoms with van der Waals surface area (Å²) in [6.45, 7) is 1.23. The average Bonchev–Trinajstić information content (AvgIpc) is 3.43. The minimum Gasteiger partial charge on any atom is -0.341 e. The number of piperidine rings is 1. The summed E-state index contributed by atoms with van der Waals surface area (Å²) < 4.78 is 14.2. The Hall–Kier alpha value is -2.50. The lowest BCUT2D eigenvalue weighted by Crippen LogP contribution is -2.45. The Morgan fingerprint density at radius 3 is 2.80 bits per heavy atom. The molecule has 4 rings (SSSR count). The molecule has 25 heavy (non-hydrogen) atoms. The molecular weight excluding hydrogens is 321 g/mol. The number of carbonyl (C=O) groups excluding carboxylic acids is 1. The maximum absolute atomic E-state index is 14.2. The number of hydrogen-bond acceptors (Lipinski definition) is 3. The third-order valence-corrected chi connectivity index (χ3v) is 5.39. The van der Waals surface area contributed by atoms with Gasteiger partial charge in [0, 0.05) is 36.5 Å².